The van der Waals surface area contributed by atoms with Gasteiger partial charge in [0.25, 0.3) is 0 Å². The number of hydrogen-bond acceptors (Lipinski definition) is 3. The van der Waals surface area contributed by atoms with Crippen LogP contribution in [-0.4, -0.2) is 38.1 Å². The van der Waals surface area contributed by atoms with Gasteiger partial charge < -0.3 is 15.0 Å². The summed E-state index contributed by atoms with van der Waals surface area (Å²) < 4.78 is 5.46. The quantitative estimate of drug-likeness (QED) is 0.730. The first-order valence-electron chi connectivity index (χ1n) is 9.80. The molecule has 3 rings (SSSR count). The number of hydrogen-bond donors (Lipinski definition) is 1. The Morgan fingerprint density at radius 3 is 2.57 bits per heavy atom. The average molecular weight is 403 g/mol. The van der Waals surface area contributed by atoms with E-state index in [2.05, 4.69) is 42.6 Å². The number of amides is 1. The summed E-state index contributed by atoms with van der Waals surface area (Å²) in [5.74, 6) is 1.74. The second kappa shape index (κ2) is 10.5. The number of ether oxygens (including phenoxy) is 1. The minimum atomic E-state index is 0. The summed E-state index contributed by atoms with van der Waals surface area (Å²) in [7, 11) is 3.60. The van der Waals surface area contributed by atoms with Crippen LogP contribution >= 0.6 is 12.4 Å². The lowest BCUT2D eigenvalue weighted by Crippen LogP contribution is -2.30. The summed E-state index contributed by atoms with van der Waals surface area (Å²) in [5, 5.41) is 3.37. The van der Waals surface area contributed by atoms with E-state index in [1.54, 1.807) is 7.11 Å². The van der Waals surface area contributed by atoms with Crippen molar-refractivity contribution in [3.63, 3.8) is 0 Å². The fourth-order valence-corrected chi connectivity index (χ4v) is 3.73. The van der Waals surface area contributed by atoms with Gasteiger partial charge in [-0.3, -0.25) is 4.79 Å². The molecule has 0 bridgehead atoms. The molecule has 1 amide bonds. The third kappa shape index (κ3) is 5.27. The average Bonchev–Trinajstić information content (AvgIpc) is 3.24. The zero-order valence-electron chi connectivity index (χ0n) is 17.0. The predicted molar refractivity (Wildman–Crippen MR) is 117 cm³/mol. The number of carbonyl (C=O) groups is 1. The van der Waals surface area contributed by atoms with Gasteiger partial charge in [-0.2, -0.15) is 0 Å². The van der Waals surface area contributed by atoms with Crippen molar-refractivity contribution in [1.82, 2.24) is 10.2 Å². The molecule has 0 aliphatic carbocycles. The molecule has 4 nitrogen and oxygen atoms in total. The number of methoxy groups -OCH3 is 1. The summed E-state index contributed by atoms with van der Waals surface area (Å²) in [6.07, 6.45) is 2.80. The van der Waals surface area contributed by atoms with Crippen molar-refractivity contribution in [2.24, 2.45) is 5.92 Å². The molecule has 0 saturated carbocycles. The maximum Gasteiger partial charge on any atom is 0.222 e. The molecule has 1 aliphatic heterocycles. The van der Waals surface area contributed by atoms with Crippen LogP contribution in [-0.2, 0) is 4.79 Å². The second-order valence-corrected chi connectivity index (χ2v) is 7.40. The number of halogens is 1. The van der Waals surface area contributed by atoms with Gasteiger partial charge in [0, 0.05) is 19.0 Å². The van der Waals surface area contributed by atoms with E-state index in [0.29, 0.717) is 12.3 Å². The van der Waals surface area contributed by atoms with E-state index in [1.807, 2.05) is 30.1 Å². The monoisotopic (exact) mass is 402 g/mol. The van der Waals surface area contributed by atoms with Crippen LogP contribution < -0.4 is 10.1 Å². The summed E-state index contributed by atoms with van der Waals surface area (Å²) in [6, 6.07) is 16.5. The van der Waals surface area contributed by atoms with Gasteiger partial charge in [0.2, 0.25) is 5.91 Å². The van der Waals surface area contributed by atoms with Crippen molar-refractivity contribution in [1.29, 1.82) is 0 Å². The number of nitrogens with one attached hydrogen (secondary N) is 1. The van der Waals surface area contributed by atoms with Gasteiger partial charge in [-0.15, -0.1) is 12.4 Å². The fraction of sp³-hybridized carbons (Fsp3) is 0.435. The molecule has 0 aromatic heterocycles. The third-order valence-corrected chi connectivity index (χ3v) is 5.71. The number of para-hydroxylation sites is 1. The minimum absolute atomic E-state index is 0. The molecule has 2 aromatic carbocycles. The lowest BCUT2D eigenvalue weighted by molar-refractivity contribution is -0.132. The van der Waals surface area contributed by atoms with E-state index in [-0.39, 0.29) is 24.4 Å². The molecule has 0 radical (unpaired) electrons. The van der Waals surface area contributed by atoms with Crippen molar-refractivity contribution < 1.29 is 9.53 Å². The van der Waals surface area contributed by atoms with Gasteiger partial charge in [0.15, 0.2) is 0 Å². The molecule has 1 N–H and O–H groups in total. The van der Waals surface area contributed by atoms with Crippen LogP contribution in [0, 0.1) is 5.92 Å². The van der Waals surface area contributed by atoms with Crippen molar-refractivity contribution in [2.75, 3.05) is 27.2 Å². The van der Waals surface area contributed by atoms with Crippen LogP contribution in [0.4, 0.5) is 0 Å². The maximum absolute atomic E-state index is 12.6. The van der Waals surface area contributed by atoms with Crippen molar-refractivity contribution in [3.8, 4) is 16.9 Å². The number of nitrogens with zero attached hydrogens (tertiary/aromatic N) is 1. The number of rotatable bonds is 7. The smallest absolute Gasteiger partial charge is 0.222 e. The van der Waals surface area contributed by atoms with Crippen LogP contribution in [0.15, 0.2) is 48.5 Å². The second-order valence-electron chi connectivity index (χ2n) is 7.40. The van der Waals surface area contributed by atoms with Crippen molar-refractivity contribution >= 4 is 18.3 Å². The summed E-state index contributed by atoms with van der Waals surface area (Å²) in [4.78, 5) is 14.5. The Kier molecular flexibility index (Phi) is 8.34. The van der Waals surface area contributed by atoms with Gasteiger partial charge in [-0.1, -0.05) is 42.5 Å². The molecule has 1 aliphatic rings. The maximum atomic E-state index is 12.6. The summed E-state index contributed by atoms with van der Waals surface area (Å²) in [6.45, 7) is 4.23. The molecular formula is C23H31ClN2O2. The van der Waals surface area contributed by atoms with E-state index in [9.17, 15) is 4.79 Å². The molecular weight excluding hydrogens is 372 g/mol. The molecule has 1 fully saturated rings. The SMILES string of the molecule is COc1ccccc1-c1ccc(C(C)N(C)C(=O)CCC2CCNC2)cc1.Cl. The molecule has 28 heavy (non-hydrogen) atoms. The molecule has 5 heteroatoms. The highest BCUT2D eigenvalue weighted by Gasteiger charge is 2.20. The van der Waals surface area contributed by atoms with Gasteiger partial charge in [-0.25, -0.2) is 0 Å². The zero-order valence-corrected chi connectivity index (χ0v) is 17.8. The Balaban J connectivity index is 0.00000280. The standard InChI is InChI=1S/C23H30N2O2.ClH/c1-17(25(2)23(26)13-8-18-14-15-24-16-18)19-9-11-20(12-10-19)21-6-4-5-7-22(21)27-3;/h4-7,9-12,17-18,24H,8,13-16H2,1-3H3;1H. The molecule has 2 atom stereocenters. The fourth-order valence-electron chi connectivity index (χ4n) is 3.73. The molecule has 0 spiro atoms. The predicted octanol–water partition coefficient (Wildman–Crippen LogP) is 4.69. The first-order valence-corrected chi connectivity index (χ1v) is 9.80. The third-order valence-electron chi connectivity index (χ3n) is 5.71. The number of carbonyl (C=O) groups excluding carboxylic acids is 1. The number of benzene rings is 2. The lowest BCUT2D eigenvalue weighted by atomic mass is 9.99. The van der Waals surface area contributed by atoms with Crippen LogP contribution in [0.5, 0.6) is 5.75 Å². The Labute approximate surface area is 174 Å². The highest BCUT2D eigenvalue weighted by Crippen LogP contribution is 2.31. The van der Waals surface area contributed by atoms with Crippen molar-refractivity contribution in [3.05, 3.63) is 54.1 Å². The van der Waals surface area contributed by atoms with Crippen LogP contribution in [0.2, 0.25) is 0 Å². The van der Waals surface area contributed by atoms with E-state index >= 15 is 0 Å². The minimum Gasteiger partial charge on any atom is -0.496 e. The van der Waals surface area contributed by atoms with Gasteiger partial charge in [0.05, 0.1) is 13.2 Å². The molecule has 2 aromatic rings. The normalized spacial score (nSPS) is 16.9. The van der Waals surface area contributed by atoms with E-state index in [1.165, 1.54) is 6.42 Å². The highest BCUT2D eigenvalue weighted by atomic mass is 35.5. The van der Waals surface area contributed by atoms with Gasteiger partial charge >= 0.3 is 0 Å². The molecule has 1 saturated heterocycles. The Morgan fingerprint density at radius 1 is 1.21 bits per heavy atom. The molecule has 2 unspecified atom stereocenters. The summed E-state index contributed by atoms with van der Waals surface area (Å²) in [5.41, 5.74) is 3.34. The van der Waals surface area contributed by atoms with Crippen LogP contribution in [0.3, 0.4) is 0 Å². The van der Waals surface area contributed by atoms with E-state index in [4.69, 9.17) is 4.74 Å². The largest absolute Gasteiger partial charge is 0.496 e. The van der Waals surface area contributed by atoms with Gasteiger partial charge in [-0.05, 0) is 56.0 Å². The first kappa shape index (κ1) is 22.3. The van der Waals surface area contributed by atoms with Gasteiger partial charge in [0.1, 0.15) is 5.75 Å². The van der Waals surface area contributed by atoms with E-state index < -0.39 is 0 Å². The van der Waals surface area contributed by atoms with E-state index in [0.717, 1.165) is 42.0 Å². The Hall–Kier alpha value is -2.04. The Morgan fingerprint density at radius 2 is 1.93 bits per heavy atom. The first-order chi connectivity index (χ1) is 13.1. The van der Waals surface area contributed by atoms with Crippen LogP contribution in [0.1, 0.15) is 37.8 Å². The molecule has 152 valence electrons. The molecule has 1 heterocycles. The van der Waals surface area contributed by atoms with Crippen molar-refractivity contribution in [2.45, 2.75) is 32.2 Å². The topological polar surface area (TPSA) is 41.6 Å². The zero-order chi connectivity index (χ0) is 19.2. The lowest BCUT2D eigenvalue weighted by Gasteiger charge is -2.26. The highest BCUT2D eigenvalue weighted by molar-refractivity contribution is 5.85. The summed E-state index contributed by atoms with van der Waals surface area (Å²) >= 11 is 0. The Bertz CT molecular complexity index is 757. The van der Waals surface area contributed by atoms with Crippen LogP contribution in [0.25, 0.3) is 11.1 Å².